The topological polar surface area (TPSA) is 0 Å². The minimum atomic E-state index is 0. The molecule has 0 atom stereocenters. The molecule has 0 unspecified atom stereocenters. The summed E-state index contributed by atoms with van der Waals surface area (Å²) in [6, 6.07) is 12.0. The van der Waals surface area contributed by atoms with Crippen LogP contribution < -0.4 is 0 Å². The number of hydrogen-bond donors (Lipinski definition) is 0. The number of benzene rings is 1. The standard InChI is InChI=1S/C6H6.C2H5B3.ClH/c1-2-4-6-5-3-1;1-2-4-5-3;/h1-6H;2H2,1H3;1H. The van der Waals surface area contributed by atoms with Gasteiger partial charge in [0, 0.05) is 14.8 Å². The average molecular weight is 176 g/mol. The third-order valence-corrected chi connectivity index (χ3v) is 1.04. The Balaban J connectivity index is 0. The molecule has 4 radical (unpaired) electrons. The van der Waals surface area contributed by atoms with Gasteiger partial charge in [-0.15, -0.1) is 12.4 Å². The zero-order valence-corrected chi connectivity index (χ0v) is 8.13. The van der Waals surface area contributed by atoms with Crippen molar-refractivity contribution < 1.29 is 0 Å². The Bertz CT molecular complexity index is 118. The van der Waals surface area contributed by atoms with Crippen molar-refractivity contribution in [3.63, 3.8) is 0 Å². The van der Waals surface area contributed by atoms with Crippen molar-refractivity contribution in [3.8, 4) is 0 Å². The molecule has 0 bridgehead atoms. The van der Waals surface area contributed by atoms with E-state index in [1.165, 1.54) is 0 Å². The summed E-state index contributed by atoms with van der Waals surface area (Å²) >= 11 is 0. The van der Waals surface area contributed by atoms with E-state index in [-0.39, 0.29) is 12.4 Å². The summed E-state index contributed by atoms with van der Waals surface area (Å²) in [5.41, 5.74) is 0. The van der Waals surface area contributed by atoms with E-state index >= 15 is 0 Å². The summed E-state index contributed by atoms with van der Waals surface area (Å²) < 4.78 is 0. The minimum Gasteiger partial charge on any atom is -0.147 e. The highest BCUT2D eigenvalue weighted by Gasteiger charge is 1.73. The zero-order chi connectivity index (χ0) is 8.36. The van der Waals surface area contributed by atoms with Gasteiger partial charge >= 0.3 is 0 Å². The smallest absolute Gasteiger partial charge is 0.0541 e. The molecule has 0 heterocycles. The van der Waals surface area contributed by atoms with Gasteiger partial charge < -0.3 is 0 Å². The molecule has 0 spiro atoms. The first kappa shape index (κ1) is 14.2. The Labute approximate surface area is 84.4 Å². The van der Waals surface area contributed by atoms with Gasteiger partial charge in [-0.2, -0.15) is 0 Å². The normalized spacial score (nSPS) is 6.75. The summed E-state index contributed by atoms with van der Waals surface area (Å²) in [4.78, 5) is 0. The molecule has 60 valence electrons. The van der Waals surface area contributed by atoms with Gasteiger partial charge in [0.1, 0.15) is 0 Å². The van der Waals surface area contributed by atoms with Gasteiger partial charge in [0.05, 0.1) is 7.17 Å². The monoisotopic (exact) mass is 176 g/mol. The van der Waals surface area contributed by atoms with Gasteiger partial charge in [-0.25, -0.2) is 0 Å². The number of hydrogen-bond acceptors (Lipinski definition) is 0. The maximum absolute atomic E-state index is 4.96. The van der Waals surface area contributed by atoms with Crippen molar-refractivity contribution in [2.45, 2.75) is 13.2 Å². The van der Waals surface area contributed by atoms with Gasteiger partial charge in [0.2, 0.25) is 0 Å². The van der Waals surface area contributed by atoms with Crippen LogP contribution >= 0.6 is 12.4 Å². The SMILES string of the molecule is Cl.[B][B][B]CC.c1ccccc1. The van der Waals surface area contributed by atoms with Gasteiger partial charge in [-0.1, -0.05) is 49.6 Å². The molecule has 0 amide bonds. The van der Waals surface area contributed by atoms with Gasteiger partial charge in [-0.05, 0) is 0 Å². The van der Waals surface area contributed by atoms with Gasteiger partial charge in [0.15, 0.2) is 0 Å². The molecule has 0 nitrogen and oxygen atoms in total. The van der Waals surface area contributed by atoms with Crippen LogP contribution in [0.1, 0.15) is 6.92 Å². The highest BCUT2D eigenvalue weighted by atomic mass is 35.5. The third kappa shape index (κ3) is 12.4. The maximum atomic E-state index is 4.96. The highest BCUT2D eigenvalue weighted by molar-refractivity contribution is 7.23. The van der Waals surface area contributed by atoms with E-state index in [0.717, 1.165) is 6.32 Å². The Morgan fingerprint density at radius 3 is 1.42 bits per heavy atom. The second-order valence-corrected chi connectivity index (χ2v) is 1.99. The fourth-order valence-electron chi connectivity index (χ4n) is 0.521. The molecule has 0 N–H and O–H groups in total. The lowest BCUT2D eigenvalue weighted by Gasteiger charge is -1.74. The summed E-state index contributed by atoms with van der Waals surface area (Å²) in [5.74, 6) is 0. The quantitative estimate of drug-likeness (QED) is 0.604. The summed E-state index contributed by atoms with van der Waals surface area (Å²) in [6.45, 7) is 2.04. The minimum absolute atomic E-state index is 0. The molecule has 0 fully saturated rings. The second-order valence-electron chi connectivity index (χ2n) is 1.99. The first-order valence-electron chi connectivity index (χ1n) is 3.78. The molecule has 0 aromatic heterocycles. The van der Waals surface area contributed by atoms with Crippen molar-refractivity contribution in [2.75, 3.05) is 0 Å². The molecule has 0 aliphatic heterocycles. The van der Waals surface area contributed by atoms with E-state index in [4.69, 9.17) is 7.74 Å². The van der Waals surface area contributed by atoms with E-state index in [1.807, 2.05) is 50.5 Å². The van der Waals surface area contributed by atoms with Crippen LogP contribution in [0.5, 0.6) is 0 Å². The first-order valence-corrected chi connectivity index (χ1v) is 3.78. The third-order valence-electron chi connectivity index (χ3n) is 1.04. The predicted octanol–water partition coefficient (Wildman–Crippen LogP) is 1.94. The molecule has 0 aliphatic rings. The van der Waals surface area contributed by atoms with Crippen LogP contribution in [0, 0.1) is 0 Å². The Kier molecular flexibility index (Phi) is 15.8. The van der Waals surface area contributed by atoms with E-state index < -0.39 is 0 Å². The lowest BCUT2D eigenvalue weighted by atomic mass is 9.27. The fraction of sp³-hybridized carbons (Fsp3) is 0.250. The molecule has 4 heteroatoms. The van der Waals surface area contributed by atoms with Crippen LogP contribution in [0.2, 0.25) is 6.32 Å². The van der Waals surface area contributed by atoms with Gasteiger partial charge in [0.25, 0.3) is 0 Å². The summed E-state index contributed by atoms with van der Waals surface area (Å²) in [5, 5.41) is 0. The Morgan fingerprint density at radius 1 is 1.00 bits per heavy atom. The van der Waals surface area contributed by atoms with Crippen LogP contribution in [0.15, 0.2) is 36.4 Å². The van der Waals surface area contributed by atoms with E-state index in [9.17, 15) is 0 Å². The average Bonchev–Trinajstić information content (AvgIpc) is 2.10. The largest absolute Gasteiger partial charge is 0.147 e. The van der Waals surface area contributed by atoms with E-state index in [0.29, 0.717) is 0 Å². The zero-order valence-electron chi connectivity index (χ0n) is 7.31. The Morgan fingerprint density at radius 2 is 1.33 bits per heavy atom. The van der Waals surface area contributed by atoms with E-state index in [2.05, 4.69) is 0 Å². The van der Waals surface area contributed by atoms with Crippen molar-refractivity contribution in [1.29, 1.82) is 0 Å². The van der Waals surface area contributed by atoms with Crippen LogP contribution in [-0.2, 0) is 0 Å². The first-order chi connectivity index (χ1) is 5.41. The second kappa shape index (κ2) is 13.3. The molecule has 0 aliphatic carbocycles. The predicted molar refractivity (Wildman–Crippen MR) is 61.4 cm³/mol. The fourth-order valence-corrected chi connectivity index (χ4v) is 0.521. The molecule has 1 aromatic carbocycles. The summed E-state index contributed by atoms with van der Waals surface area (Å²) in [6.07, 6.45) is 1.04. The summed E-state index contributed by atoms with van der Waals surface area (Å²) in [7, 11) is 8.42. The van der Waals surface area contributed by atoms with Crippen LogP contribution in [0.3, 0.4) is 0 Å². The molecule has 1 aromatic rings. The molecular weight excluding hydrogens is 164 g/mol. The van der Waals surface area contributed by atoms with Crippen LogP contribution in [-0.4, -0.2) is 22.0 Å². The highest BCUT2D eigenvalue weighted by Crippen LogP contribution is 1.79. The molecule has 1 rings (SSSR count). The molecule has 0 saturated heterocycles. The number of rotatable bonds is 2. The number of halogens is 1. The van der Waals surface area contributed by atoms with Crippen molar-refractivity contribution in [1.82, 2.24) is 0 Å². The van der Waals surface area contributed by atoms with Crippen LogP contribution in [0.25, 0.3) is 0 Å². The molecular formula is C8H12B3Cl. The Hall–Kier alpha value is -0.295. The van der Waals surface area contributed by atoms with E-state index in [1.54, 1.807) is 7.06 Å². The maximum Gasteiger partial charge on any atom is 0.0541 e. The van der Waals surface area contributed by atoms with Crippen molar-refractivity contribution in [3.05, 3.63) is 36.4 Å². The van der Waals surface area contributed by atoms with Crippen molar-refractivity contribution in [2.24, 2.45) is 0 Å². The van der Waals surface area contributed by atoms with Crippen molar-refractivity contribution >= 4 is 34.4 Å². The lowest BCUT2D eigenvalue weighted by Crippen LogP contribution is -1.98. The van der Waals surface area contributed by atoms with Crippen LogP contribution in [0.4, 0.5) is 0 Å². The lowest BCUT2D eigenvalue weighted by molar-refractivity contribution is 1.47. The van der Waals surface area contributed by atoms with Gasteiger partial charge in [-0.3, -0.25) is 0 Å². The molecule has 0 saturated carbocycles. The molecule has 12 heavy (non-hydrogen) atoms.